The van der Waals surface area contributed by atoms with Gasteiger partial charge in [0.1, 0.15) is 0 Å². The number of aryl methyl sites for hydroxylation is 1. The highest BCUT2D eigenvalue weighted by atomic mass is 32.1. The van der Waals surface area contributed by atoms with E-state index >= 15 is 0 Å². The molecular weight excluding hydrogens is 384 g/mol. The molecule has 0 spiro atoms. The van der Waals surface area contributed by atoms with E-state index in [9.17, 15) is 0 Å². The molecule has 0 aliphatic carbocycles. The molecule has 0 fully saturated rings. The summed E-state index contributed by atoms with van der Waals surface area (Å²) < 4.78 is 5.00. The topological polar surface area (TPSA) is 8.17 Å². The van der Waals surface area contributed by atoms with E-state index in [-0.39, 0.29) is 0 Å². The SMILES string of the molecule is CN(C)c1ccc2c3cc(-c4ccc5sc6ccccc6c5c4)ccc3n(C)c2c1. The first kappa shape index (κ1) is 17.5. The van der Waals surface area contributed by atoms with E-state index < -0.39 is 0 Å². The first-order valence-electron chi connectivity index (χ1n) is 10.2. The summed E-state index contributed by atoms with van der Waals surface area (Å²) in [5, 5.41) is 5.32. The highest BCUT2D eigenvalue weighted by Crippen LogP contribution is 2.38. The van der Waals surface area contributed by atoms with E-state index in [1.165, 1.54) is 58.8 Å². The number of benzene rings is 4. The largest absolute Gasteiger partial charge is 0.378 e. The van der Waals surface area contributed by atoms with E-state index in [0.717, 1.165) is 0 Å². The lowest BCUT2D eigenvalue weighted by Crippen LogP contribution is -2.08. The first-order valence-corrected chi connectivity index (χ1v) is 11.0. The van der Waals surface area contributed by atoms with Crippen LogP contribution in [0.1, 0.15) is 0 Å². The second kappa shape index (κ2) is 6.35. The summed E-state index contributed by atoms with van der Waals surface area (Å²) in [5.41, 5.74) is 6.31. The van der Waals surface area contributed by atoms with Gasteiger partial charge in [-0.15, -0.1) is 11.3 Å². The van der Waals surface area contributed by atoms with Crippen molar-refractivity contribution in [2.45, 2.75) is 0 Å². The maximum Gasteiger partial charge on any atom is 0.0509 e. The van der Waals surface area contributed by atoms with E-state index in [2.05, 4.69) is 109 Å². The summed E-state index contributed by atoms with van der Waals surface area (Å²) in [4.78, 5) is 2.16. The number of nitrogens with zero attached hydrogens (tertiary/aromatic N) is 2. The Balaban J connectivity index is 1.57. The van der Waals surface area contributed by atoms with Gasteiger partial charge < -0.3 is 9.47 Å². The van der Waals surface area contributed by atoms with Gasteiger partial charge in [0.25, 0.3) is 0 Å². The third-order valence-electron chi connectivity index (χ3n) is 6.22. The molecule has 3 heteroatoms. The van der Waals surface area contributed by atoms with Crippen LogP contribution in [-0.2, 0) is 7.05 Å². The number of aromatic nitrogens is 1. The maximum atomic E-state index is 2.35. The molecule has 0 saturated carbocycles. The Kier molecular flexibility index (Phi) is 3.71. The van der Waals surface area contributed by atoms with Crippen LogP contribution < -0.4 is 4.90 Å². The van der Waals surface area contributed by atoms with Gasteiger partial charge in [-0.2, -0.15) is 0 Å². The average molecular weight is 407 g/mol. The van der Waals surface area contributed by atoms with Crippen molar-refractivity contribution >= 4 is 59.0 Å². The molecule has 0 amide bonds. The first-order chi connectivity index (χ1) is 14.6. The Morgan fingerprint density at radius 3 is 2.20 bits per heavy atom. The molecule has 2 aromatic heterocycles. The summed E-state index contributed by atoms with van der Waals surface area (Å²) in [7, 11) is 6.34. The van der Waals surface area contributed by atoms with Crippen LogP contribution in [0.3, 0.4) is 0 Å². The summed E-state index contributed by atoms with van der Waals surface area (Å²) in [6, 6.07) is 29.2. The van der Waals surface area contributed by atoms with Gasteiger partial charge in [0.2, 0.25) is 0 Å². The average Bonchev–Trinajstić information content (AvgIpc) is 3.28. The van der Waals surface area contributed by atoms with Gasteiger partial charge in [-0.1, -0.05) is 36.4 Å². The van der Waals surface area contributed by atoms with Crippen LogP contribution in [0.15, 0.2) is 78.9 Å². The minimum absolute atomic E-state index is 1.23. The number of thiophene rings is 1. The van der Waals surface area contributed by atoms with Crippen LogP contribution in [0.4, 0.5) is 5.69 Å². The third kappa shape index (κ3) is 2.49. The molecule has 0 aliphatic rings. The van der Waals surface area contributed by atoms with E-state index in [1.807, 2.05) is 11.3 Å². The van der Waals surface area contributed by atoms with Gasteiger partial charge in [0, 0.05) is 63.3 Å². The van der Waals surface area contributed by atoms with Crippen molar-refractivity contribution in [1.29, 1.82) is 0 Å². The normalized spacial score (nSPS) is 11.8. The quantitative estimate of drug-likeness (QED) is 0.290. The van der Waals surface area contributed by atoms with Gasteiger partial charge in [-0.05, 0) is 53.6 Å². The zero-order chi connectivity index (χ0) is 20.4. The second-order valence-corrected chi connectivity index (χ2v) is 9.28. The molecule has 0 atom stereocenters. The van der Waals surface area contributed by atoms with Gasteiger partial charge in [0.15, 0.2) is 0 Å². The molecule has 0 aliphatic heterocycles. The maximum absolute atomic E-state index is 2.35. The molecule has 6 aromatic rings. The lowest BCUT2D eigenvalue weighted by Gasteiger charge is -2.12. The zero-order valence-corrected chi connectivity index (χ0v) is 18.1. The molecule has 30 heavy (non-hydrogen) atoms. The lowest BCUT2D eigenvalue weighted by molar-refractivity contribution is 1.01. The van der Waals surface area contributed by atoms with Crippen molar-refractivity contribution < 1.29 is 0 Å². The fourth-order valence-corrected chi connectivity index (χ4v) is 5.65. The molecule has 0 saturated heterocycles. The third-order valence-corrected chi connectivity index (χ3v) is 7.37. The Hall–Kier alpha value is -3.30. The summed E-state index contributed by atoms with van der Waals surface area (Å²) in [5.74, 6) is 0. The Labute approximate surface area is 179 Å². The van der Waals surface area contributed by atoms with Crippen molar-refractivity contribution in [1.82, 2.24) is 4.57 Å². The van der Waals surface area contributed by atoms with Crippen molar-refractivity contribution in [3.63, 3.8) is 0 Å². The lowest BCUT2D eigenvalue weighted by atomic mass is 10.0. The van der Waals surface area contributed by atoms with Crippen molar-refractivity contribution in [2.75, 3.05) is 19.0 Å². The van der Waals surface area contributed by atoms with Crippen LogP contribution in [0, 0.1) is 0 Å². The molecule has 6 rings (SSSR count). The van der Waals surface area contributed by atoms with E-state index in [0.29, 0.717) is 0 Å². The smallest absolute Gasteiger partial charge is 0.0509 e. The predicted octanol–water partition coefficient (Wildman–Crippen LogP) is 7.43. The minimum atomic E-state index is 1.23. The summed E-state index contributed by atoms with van der Waals surface area (Å²) in [6.45, 7) is 0. The molecule has 4 aromatic carbocycles. The highest BCUT2D eigenvalue weighted by molar-refractivity contribution is 7.25. The fraction of sp³-hybridized carbons (Fsp3) is 0.111. The number of rotatable bonds is 2. The predicted molar refractivity (Wildman–Crippen MR) is 133 cm³/mol. The Bertz CT molecular complexity index is 1580. The summed E-state index contributed by atoms with van der Waals surface area (Å²) >= 11 is 1.87. The number of hydrogen-bond acceptors (Lipinski definition) is 2. The Morgan fingerprint density at radius 2 is 1.37 bits per heavy atom. The minimum Gasteiger partial charge on any atom is -0.378 e. The number of anilines is 1. The fourth-order valence-electron chi connectivity index (χ4n) is 4.56. The van der Waals surface area contributed by atoms with Gasteiger partial charge in [-0.25, -0.2) is 0 Å². The second-order valence-electron chi connectivity index (χ2n) is 8.20. The zero-order valence-electron chi connectivity index (χ0n) is 17.3. The van der Waals surface area contributed by atoms with Crippen LogP contribution in [-0.4, -0.2) is 18.7 Å². The van der Waals surface area contributed by atoms with Crippen LogP contribution in [0.5, 0.6) is 0 Å². The number of hydrogen-bond donors (Lipinski definition) is 0. The van der Waals surface area contributed by atoms with Crippen molar-refractivity contribution in [3.05, 3.63) is 78.9 Å². The van der Waals surface area contributed by atoms with Gasteiger partial charge in [-0.3, -0.25) is 0 Å². The summed E-state index contributed by atoms with van der Waals surface area (Å²) in [6.07, 6.45) is 0. The van der Waals surface area contributed by atoms with Crippen LogP contribution in [0.25, 0.3) is 53.1 Å². The van der Waals surface area contributed by atoms with Crippen LogP contribution in [0.2, 0.25) is 0 Å². The molecular formula is C27H22N2S. The molecule has 2 heterocycles. The molecule has 0 N–H and O–H groups in total. The number of fused-ring (bicyclic) bond motifs is 6. The Morgan fingerprint density at radius 1 is 0.633 bits per heavy atom. The van der Waals surface area contributed by atoms with Crippen molar-refractivity contribution in [2.24, 2.45) is 7.05 Å². The molecule has 2 nitrogen and oxygen atoms in total. The highest BCUT2D eigenvalue weighted by Gasteiger charge is 2.12. The molecule has 0 unspecified atom stereocenters. The molecule has 0 radical (unpaired) electrons. The van der Waals surface area contributed by atoms with Crippen molar-refractivity contribution in [3.8, 4) is 11.1 Å². The molecule has 146 valence electrons. The van der Waals surface area contributed by atoms with E-state index in [4.69, 9.17) is 0 Å². The monoisotopic (exact) mass is 406 g/mol. The molecule has 0 bridgehead atoms. The van der Waals surface area contributed by atoms with Gasteiger partial charge in [0.05, 0.1) is 5.52 Å². The standard InChI is InChI=1S/C27H22N2S/c1-28(2)19-10-11-20-22-14-17(8-12-24(22)29(3)25(20)16-19)18-9-13-27-23(15-18)21-6-4-5-7-26(21)30-27/h4-16H,1-3H3. The van der Waals surface area contributed by atoms with E-state index in [1.54, 1.807) is 0 Å². The van der Waals surface area contributed by atoms with Crippen LogP contribution >= 0.6 is 11.3 Å². The van der Waals surface area contributed by atoms with Gasteiger partial charge >= 0.3 is 0 Å².